The topological polar surface area (TPSA) is 81.1 Å². The van der Waals surface area contributed by atoms with Crippen LogP contribution in [0.25, 0.3) is 5.69 Å². The summed E-state index contributed by atoms with van der Waals surface area (Å²) >= 11 is 5.86. The summed E-state index contributed by atoms with van der Waals surface area (Å²) in [5.74, 6) is -1.42. The summed E-state index contributed by atoms with van der Waals surface area (Å²) in [6.45, 7) is 1.41. The lowest BCUT2D eigenvalue weighted by molar-refractivity contribution is -0.137. The van der Waals surface area contributed by atoms with Crippen LogP contribution in [0.3, 0.4) is 0 Å². The van der Waals surface area contributed by atoms with Crippen LogP contribution < -0.4 is 5.73 Å². The molecule has 0 spiro atoms. The summed E-state index contributed by atoms with van der Waals surface area (Å²) < 4.78 is 39.1. The summed E-state index contributed by atoms with van der Waals surface area (Å²) in [6.07, 6.45) is -4.56. The molecule has 9 heteroatoms. The standard InChI is InChI=1S/C12H9ClF3N3O2/c1-5-9(11(20)21)18-19(10(5)17)8-4-6(12(14,15)16)2-3-7(8)13/h2-4H,17H2,1H3,(H,20,21). The normalized spacial score (nSPS) is 11.7. The van der Waals surface area contributed by atoms with E-state index in [9.17, 15) is 18.0 Å². The lowest BCUT2D eigenvalue weighted by Gasteiger charge is -2.11. The van der Waals surface area contributed by atoms with E-state index in [1.54, 1.807) is 0 Å². The maximum atomic E-state index is 12.7. The third-order valence-corrected chi connectivity index (χ3v) is 3.19. The average Bonchev–Trinajstić information content (AvgIpc) is 2.66. The van der Waals surface area contributed by atoms with Crippen LogP contribution in [0, 0.1) is 6.92 Å². The number of nitrogen functional groups attached to an aromatic ring is 1. The molecule has 2 rings (SSSR count). The molecule has 0 aliphatic heterocycles. The highest BCUT2D eigenvalue weighted by Crippen LogP contribution is 2.34. The van der Waals surface area contributed by atoms with Gasteiger partial charge in [-0.1, -0.05) is 11.6 Å². The molecular formula is C12H9ClF3N3O2. The van der Waals surface area contributed by atoms with E-state index in [1.807, 2.05) is 0 Å². The largest absolute Gasteiger partial charge is 0.476 e. The Bertz CT molecular complexity index is 725. The van der Waals surface area contributed by atoms with E-state index in [2.05, 4.69) is 5.10 Å². The molecule has 1 aromatic heterocycles. The van der Waals surface area contributed by atoms with Gasteiger partial charge in [-0.3, -0.25) is 0 Å². The Kier molecular flexibility index (Phi) is 3.58. The predicted molar refractivity (Wildman–Crippen MR) is 69.7 cm³/mol. The molecule has 112 valence electrons. The number of nitrogens with two attached hydrogens (primary N) is 1. The Balaban J connectivity index is 2.67. The zero-order valence-corrected chi connectivity index (χ0v) is 11.3. The molecule has 0 aliphatic carbocycles. The number of benzene rings is 1. The summed E-state index contributed by atoms with van der Waals surface area (Å²) in [7, 11) is 0. The Morgan fingerprint density at radius 1 is 1.43 bits per heavy atom. The maximum absolute atomic E-state index is 12.7. The summed E-state index contributed by atoms with van der Waals surface area (Å²) in [6, 6.07) is 2.63. The highest BCUT2D eigenvalue weighted by molar-refractivity contribution is 6.32. The summed E-state index contributed by atoms with van der Waals surface area (Å²) in [5, 5.41) is 12.6. The molecule has 0 radical (unpaired) electrons. The number of aromatic nitrogens is 2. The van der Waals surface area contributed by atoms with Crippen molar-refractivity contribution in [3.05, 3.63) is 40.0 Å². The quantitative estimate of drug-likeness (QED) is 0.891. The third kappa shape index (κ3) is 2.66. The molecule has 0 atom stereocenters. The van der Waals surface area contributed by atoms with Crippen LogP contribution in [0.15, 0.2) is 18.2 Å². The zero-order chi connectivity index (χ0) is 15.9. The monoisotopic (exact) mass is 319 g/mol. The van der Waals surface area contributed by atoms with Crippen molar-refractivity contribution in [2.24, 2.45) is 0 Å². The fourth-order valence-electron chi connectivity index (χ4n) is 1.75. The fraction of sp³-hybridized carbons (Fsp3) is 0.167. The van der Waals surface area contributed by atoms with Gasteiger partial charge in [-0.15, -0.1) is 0 Å². The van der Waals surface area contributed by atoms with Crippen LogP contribution in [0.5, 0.6) is 0 Å². The fourth-order valence-corrected chi connectivity index (χ4v) is 1.94. The van der Waals surface area contributed by atoms with E-state index in [0.29, 0.717) is 0 Å². The van der Waals surface area contributed by atoms with Gasteiger partial charge in [-0.2, -0.15) is 18.3 Å². The highest BCUT2D eigenvalue weighted by atomic mass is 35.5. The van der Waals surface area contributed by atoms with Crippen LogP contribution in [-0.4, -0.2) is 20.9 Å². The van der Waals surface area contributed by atoms with Crippen LogP contribution in [-0.2, 0) is 6.18 Å². The molecule has 0 bridgehead atoms. The van der Waals surface area contributed by atoms with E-state index >= 15 is 0 Å². The molecule has 21 heavy (non-hydrogen) atoms. The second-order valence-corrected chi connectivity index (χ2v) is 4.65. The van der Waals surface area contributed by atoms with Gasteiger partial charge in [-0.05, 0) is 25.1 Å². The Labute approximate surface area is 121 Å². The first-order valence-corrected chi connectivity index (χ1v) is 5.96. The van der Waals surface area contributed by atoms with Crippen molar-refractivity contribution in [1.29, 1.82) is 0 Å². The van der Waals surface area contributed by atoms with Crippen LogP contribution in [0.1, 0.15) is 21.6 Å². The van der Waals surface area contributed by atoms with Crippen LogP contribution in [0.4, 0.5) is 19.0 Å². The second kappa shape index (κ2) is 4.96. The van der Waals surface area contributed by atoms with Gasteiger partial charge in [0.2, 0.25) is 0 Å². The number of hydrogen-bond acceptors (Lipinski definition) is 3. The Morgan fingerprint density at radius 2 is 2.05 bits per heavy atom. The highest BCUT2D eigenvalue weighted by Gasteiger charge is 2.31. The van der Waals surface area contributed by atoms with E-state index in [0.717, 1.165) is 22.9 Å². The SMILES string of the molecule is Cc1c(C(=O)O)nn(-c2cc(C(F)(F)F)ccc2Cl)c1N. The van der Waals surface area contributed by atoms with Crippen molar-refractivity contribution >= 4 is 23.4 Å². The molecule has 0 amide bonds. The van der Waals surface area contributed by atoms with Crippen molar-refractivity contribution in [3.8, 4) is 5.69 Å². The number of halogens is 4. The van der Waals surface area contributed by atoms with Crippen molar-refractivity contribution in [1.82, 2.24) is 9.78 Å². The van der Waals surface area contributed by atoms with Gasteiger partial charge in [0.25, 0.3) is 0 Å². The average molecular weight is 320 g/mol. The Morgan fingerprint density at radius 3 is 2.52 bits per heavy atom. The second-order valence-electron chi connectivity index (χ2n) is 4.24. The predicted octanol–water partition coefficient (Wildman–Crippen LogP) is 3.13. The number of anilines is 1. The van der Waals surface area contributed by atoms with Gasteiger partial charge in [0.15, 0.2) is 5.69 Å². The van der Waals surface area contributed by atoms with Crippen molar-refractivity contribution < 1.29 is 23.1 Å². The molecule has 0 saturated carbocycles. The lowest BCUT2D eigenvalue weighted by atomic mass is 10.2. The number of carboxylic acid groups (broad SMARTS) is 1. The number of nitrogens with zero attached hydrogens (tertiary/aromatic N) is 2. The molecule has 0 unspecified atom stereocenters. The first-order valence-electron chi connectivity index (χ1n) is 5.58. The third-order valence-electron chi connectivity index (χ3n) is 2.87. The van der Waals surface area contributed by atoms with Gasteiger partial charge < -0.3 is 10.8 Å². The van der Waals surface area contributed by atoms with Gasteiger partial charge in [0.1, 0.15) is 5.82 Å². The molecule has 2 aromatic rings. The number of rotatable bonds is 2. The number of carboxylic acids is 1. The molecule has 0 fully saturated rings. The summed E-state index contributed by atoms with van der Waals surface area (Å²) in [4.78, 5) is 11.0. The zero-order valence-electron chi connectivity index (χ0n) is 10.6. The van der Waals surface area contributed by atoms with Gasteiger partial charge in [0, 0.05) is 5.56 Å². The van der Waals surface area contributed by atoms with Crippen LogP contribution >= 0.6 is 11.6 Å². The van der Waals surface area contributed by atoms with E-state index in [1.165, 1.54) is 6.92 Å². The van der Waals surface area contributed by atoms with Crippen molar-refractivity contribution in [2.45, 2.75) is 13.1 Å². The molecule has 0 saturated heterocycles. The molecule has 0 aliphatic rings. The van der Waals surface area contributed by atoms with E-state index < -0.39 is 17.7 Å². The van der Waals surface area contributed by atoms with Gasteiger partial charge >= 0.3 is 12.1 Å². The number of alkyl halides is 3. The van der Waals surface area contributed by atoms with Crippen molar-refractivity contribution in [2.75, 3.05) is 5.73 Å². The molecule has 3 N–H and O–H groups in total. The molecular weight excluding hydrogens is 311 g/mol. The first kappa shape index (κ1) is 15.2. The van der Waals surface area contributed by atoms with Gasteiger partial charge in [0.05, 0.1) is 16.3 Å². The molecule has 5 nitrogen and oxygen atoms in total. The minimum Gasteiger partial charge on any atom is -0.476 e. The smallest absolute Gasteiger partial charge is 0.416 e. The number of aromatic carboxylic acids is 1. The van der Waals surface area contributed by atoms with Crippen molar-refractivity contribution in [3.63, 3.8) is 0 Å². The maximum Gasteiger partial charge on any atom is 0.416 e. The lowest BCUT2D eigenvalue weighted by Crippen LogP contribution is -2.09. The molecule has 1 heterocycles. The van der Waals surface area contributed by atoms with Crippen LogP contribution in [0.2, 0.25) is 5.02 Å². The summed E-state index contributed by atoms with van der Waals surface area (Å²) in [5.41, 5.74) is 4.42. The molecule has 1 aromatic carbocycles. The van der Waals surface area contributed by atoms with E-state index in [4.69, 9.17) is 22.4 Å². The minimum absolute atomic E-state index is 0.0332. The number of carbonyl (C=O) groups is 1. The Hall–Kier alpha value is -2.22. The first-order chi connectivity index (χ1) is 9.62. The minimum atomic E-state index is -4.56. The number of hydrogen-bond donors (Lipinski definition) is 2. The van der Waals surface area contributed by atoms with Gasteiger partial charge in [-0.25, -0.2) is 9.48 Å². The van der Waals surface area contributed by atoms with E-state index in [-0.39, 0.29) is 27.8 Å².